The van der Waals surface area contributed by atoms with Gasteiger partial charge in [-0.3, -0.25) is 4.79 Å². The molecular weight excluding hydrogens is 290 g/mol. The molecular formula is C18H29N3O2. The zero-order valence-electron chi connectivity index (χ0n) is 14.4. The predicted octanol–water partition coefficient (Wildman–Crippen LogP) is 1.38. The van der Waals surface area contributed by atoms with Crippen LogP contribution < -0.4 is 10.1 Å². The Hall–Kier alpha value is -1.59. The molecule has 0 aliphatic carbocycles. The second kappa shape index (κ2) is 9.53. The molecule has 1 aromatic rings. The van der Waals surface area contributed by atoms with Gasteiger partial charge in [0.25, 0.3) is 0 Å². The second-order valence-electron chi connectivity index (χ2n) is 5.92. The normalized spacial score (nSPS) is 15.7. The van der Waals surface area contributed by atoms with E-state index in [1.54, 1.807) is 7.11 Å². The number of carbonyl (C=O) groups excluding carboxylic acids is 1. The molecule has 1 fully saturated rings. The number of ether oxygens (including phenoxy) is 1. The van der Waals surface area contributed by atoms with Crippen molar-refractivity contribution in [1.82, 2.24) is 15.1 Å². The summed E-state index contributed by atoms with van der Waals surface area (Å²) in [4.78, 5) is 16.5. The van der Waals surface area contributed by atoms with Crippen molar-refractivity contribution >= 4 is 5.91 Å². The minimum Gasteiger partial charge on any atom is -0.497 e. The summed E-state index contributed by atoms with van der Waals surface area (Å²) in [5, 5.41) is 3.36. The van der Waals surface area contributed by atoms with Crippen LogP contribution in [0.2, 0.25) is 0 Å². The number of rotatable bonds is 8. The van der Waals surface area contributed by atoms with Crippen molar-refractivity contribution < 1.29 is 9.53 Å². The molecule has 0 aromatic heterocycles. The molecule has 1 saturated heterocycles. The van der Waals surface area contributed by atoms with E-state index in [2.05, 4.69) is 29.3 Å². The van der Waals surface area contributed by atoms with Gasteiger partial charge in [-0.2, -0.15) is 0 Å². The third kappa shape index (κ3) is 5.84. The van der Waals surface area contributed by atoms with Gasteiger partial charge in [-0.15, -0.1) is 0 Å². The van der Waals surface area contributed by atoms with Gasteiger partial charge < -0.3 is 19.9 Å². The van der Waals surface area contributed by atoms with E-state index >= 15 is 0 Å². The van der Waals surface area contributed by atoms with Crippen LogP contribution in [0.1, 0.15) is 18.9 Å². The Bertz CT molecular complexity index is 485. The van der Waals surface area contributed by atoms with Crippen LogP contribution >= 0.6 is 0 Å². The molecule has 2 rings (SSSR count). The fourth-order valence-electron chi connectivity index (χ4n) is 2.85. The number of piperazine rings is 1. The molecule has 1 heterocycles. The first kappa shape index (κ1) is 17.8. The number of carbonyl (C=O) groups is 1. The van der Waals surface area contributed by atoms with Crippen LogP contribution in [0.15, 0.2) is 24.3 Å². The van der Waals surface area contributed by atoms with E-state index < -0.39 is 0 Å². The molecule has 0 bridgehead atoms. The highest BCUT2D eigenvalue weighted by molar-refractivity contribution is 5.76. The van der Waals surface area contributed by atoms with E-state index in [1.807, 2.05) is 17.0 Å². The Balaban J connectivity index is 1.59. The minimum atomic E-state index is 0.273. The number of nitrogens with one attached hydrogen (secondary N) is 1. The van der Waals surface area contributed by atoms with E-state index in [9.17, 15) is 4.79 Å². The zero-order chi connectivity index (χ0) is 16.5. The Morgan fingerprint density at radius 3 is 2.70 bits per heavy atom. The van der Waals surface area contributed by atoms with Gasteiger partial charge in [0.15, 0.2) is 0 Å². The molecule has 0 atom stereocenters. The summed E-state index contributed by atoms with van der Waals surface area (Å²) in [6.45, 7) is 8.63. The first-order valence-corrected chi connectivity index (χ1v) is 8.56. The van der Waals surface area contributed by atoms with E-state index in [0.29, 0.717) is 6.42 Å². The SMILES string of the molecule is CCN1CCN(C(=O)CCNCCc2cccc(OC)c2)CC1. The van der Waals surface area contributed by atoms with Crippen LogP contribution in [0.4, 0.5) is 0 Å². The van der Waals surface area contributed by atoms with Crippen LogP contribution in [0.3, 0.4) is 0 Å². The molecule has 1 N–H and O–H groups in total. The van der Waals surface area contributed by atoms with Crippen molar-refractivity contribution in [3.8, 4) is 5.75 Å². The summed E-state index contributed by atoms with van der Waals surface area (Å²) in [5.41, 5.74) is 1.25. The van der Waals surface area contributed by atoms with Crippen molar-refractivity contribution in [2.75, 3.05) is 52.9 Å². The average molecular weight is 319 g/mol. The Morgan fingerprint density at radius 2 is 2.00 bits per heavy atom. The summed E-state index contributed by atoms with van der Waals surface area (Å²) in [6.07, 6.45) is 1.53. The lowest BCUT2D eigenvalue weighted by Gasteiger charge is -2.34. The number of likely N-dealkylation sites (N-methyl/N-ethyl adjacent to an activating group) is 1. The van der Waals surface area contributed by atoms with Crippen molar-refractivity contribution in [3.05, 3.63) is 29.8 Å². The molecule has 0 saturated carbocycles. The van der Waals surface area contributed by atoms with Gasteiger partial charge in [-0.1, -0.05) is 19.1 Å². The number of hydrogen-bond acceptors (Lipinski definition) is 4. The van der Waals surface area contributed by atoms with E-state index in [0.717, 1.165) is 58.0 Å². The fraction of sp³-hybridized carbons (Fsp3) is 0.611. The highest BCUT2D eigenvalue weighted by Gasteiger charge is 2.19. The number of nitrogens with zero attached hydrogens (tertiary/aromatic N) is 2. The van der Waals surface area contributed by atoms with E-state index in [1.165, 1.54) is 5.56 Å². The highest BCUT2D eigenvalue weighted by Crippen LogP contribution is 2.12. The highest BCUT2D eigenvalue weighted by atomic mass is 16.5. The maximum Gasteiger partial charge on any atom is 0.223 e. The molecule has 23 heavy (non-hydrogen) atoms. The van der Waals surface area contributed by atoms with Gasteiger partial charge in [-0.05, 0) is 37.2 Å². The topological polar surface area (TPSA) is 44.8 Å². The molecule has 1 amide bonds. The largest absolute Gasteiger partial charge is 0.497 e. The summed E-state index contributed by atoms with van der Waals surface area (Å²) < 4.78 is 5.22. The first-order chi connectivity index (χ1) is 11.2. The van der Waals surface area contributed by atoms with E-state index in [4.69, 9.17) is 4.74 Å². The van der Waals surface area contributed by atoms with Gasteiger partial charge in [0.2, 0.25) is 5.91 Å². The summed E-state index contributed by atoms with van der Waals surface area (Å²) in [6, 6.07) is 8.12. The first-order valence-electron chi connectivity index (χ1n) is 8.56. The van der Waals surface area contributed by atoms with Crippen LogP contribution in [-0.4, -0.2) is 68.6 Å². The molecule has 128 valence electrons. The average Bonchev–Trinajstić information content (AvgIpc) is 2.61. The Labute approximate surface area is 139 Å². The number of methoxy groups -OCH3 is 1. The molecule has 0 radical (unpaired) electrons. The van der Waals surface area contributed by atoms with Gasteiger partial charge in [0, 0.05) is 39.1 Å². The van der Waals surface area contributed by atoms with Gasteiger partial charge >= 0.3 is 0 Å². The smallest absolute Gasteiger partial charge is 0.223 e. The number of amides is 1. The van der Waals surface area contributed by atoms with Gasteiger partial charge in [-0.25, -0.2) is 0 Å². The Kier molecular flexibility index (Phi) is 7.36. The molecule has 1 aliphatic heterocycles. The van der Waals surface area contributed by atoms with Crippen molar-refractivity contribution in [2.45, 2.75) is 19.8 Å². The van der Waals surface area contributed by atoms with Crippen LogP contribution in [-0.2, 0) is 11.2 Å². The third-order valence-corrected chi connectivity index (χ3v) is 4.41. The maximum atomic E-state index is 12.2. The second-order valence-corrected chi connectivity index (χ2v) is 5.92. The van der Waals surface area contributed by atoms with Crippen LogP contribution in [0, 0.1) is 0 Å². The quantitative estimate of drug-likeness (QED) is 0.735. The predicted molar refractivity (Wildman–Crippen MR) is 92.9 cm³/mol. The molecule has 0 unspecified atom stereocenters. The summed E-state index contributed by atoms with van der Waals surface area (Å²) >= 11 is 0. The molecule has 0 spiro atoms. The van der Waals surface area contributed by atoms with Crippen LogP contribution in [0.25, 0.3) is 0 Å². The zero-order valence-corrected chi connectivity index (χ0v) is 14.4. The van der Waals surface area contributed by atoms with Crippen molar-refractivity contribution in [2.24, 2.45) is 0 Å². The monoisotopic (exact) mass is 319 g/mol. The Morgan fingerprint density at radius 1 is 1.22 bits per heavy atom. The molecule has 1 aromatic carbocycles. The number of hydrogen-bond donors (Lipinski definition) is 1. The van der Waals surface area contributed by atoms with Crippen LogP contribution in [0.5, 0.6) is 5.75 Å². The number of benzene rings is 1. The lowest BCUT2D eigenvalue weighted by atomic mass is 10.1. The molecule has 5 heteroatoms. The third-order valence-electron chi connectivity index (χ3n) is 4.41. The van der Waals surface area contributed by atoms with Crippen molar-refractivity contribution in [3.63, 3.8) is 0 Å². The maximum absolute atomic E-state index is 12.2. The molecule has 5 nitrogen and oxygen atoms in total. The van der Waals surface area contributed by atoms with Gasteiger partial charge in [0.1, 0.15) is 5.75 Å². The summed E-state index contributed by atoms with van der Waals surface area (Å²) in [7, 11) is 1.68. The fourth-order valence-corrected chi connectivity index (χ4v) is 2.85. The minimum absolute atomic E-state index is 0.273. The standard InChI is InChI=1S/C18H29N3O2/c1-3-20-11-13-21(14-12-20)18(22)8-10-19-9-7-16-5-4-6-17(15-16)23-2/h4-6,15,19H,3,7-14H2,1-2H3. The lowest BCUT2D eigenvalue weighted by molar-refractivity contribution is -0.132. The van der Waals surface area contributed by atoms with E-state index in [-0.39, 0.29) is 5.91 Å². The van der Waals surface area contributed by atoms with Crippen molar-refractivity contribution in [1.29, 1.82) is 0 Å². The lowest BCUT2D eigenvalue weighted by Crippen LogP contribution is -2.48. The molecule has 1 aliphatic rings. The summed E-state index contributed by atoms with van der Waals surface area (Å²) in [5.74, 6) is 1.17. The van der Waals surface area contributed by atoms with Gasteiger partial charge in [0.05, 0.1) is 7.11 Å².